The van der Waals surface area contributed by atoms with Crippen molar-refractivity contribution < 1.29 is 14.7 Å². The first-order valence-electron chi connectivity index (χ1n) is 2.76. The van der Waals surface area contributed by atoms with Gasteiger partial charge in [-0.05, 0) is 6.92 Å². The number of hydrogen-bond acceptors (Lipinski definition) is 2. The minimum absolute atomic E-state index is 0.0602. The monoisotopic (exact) mass is 130 g/mol. The van der Waals surface area contributed by atoms with E-state index in [1.165, 1.54) is 6.92 Å². The van der Waals surface area contributed by atoms with E-state index in [9.17, 15) is 9.59 Å². The van der Waals surface area contributed by atoms with E-state index in [0.29, 0.717) is 0 Å². The lowest BCUT2D eigenvalue weighted by molar-refractivity contribution is -0.140. The molecule has 0 spiro atoms. The molecule has 0 rings (SSSR count). The maximum Gasteiger partial charge on any atom is 0.304 e. The molecule has 0 bridgehead atoms. The largest absolute Gasteiger partial charge is 0.481 e. The van der Waals surface area contributed by atoms with Crippen molar-refractivity contribution in [3.63, 3.8) is 0 Å². The van der Waals surface area contributed by atoms with Gasteiger partial charge in [0, 0.05) is 5.92 Å². The molecule has 0 aromatic carbocycles. The Bertz CT molecular complexity index is 128. The van der Waals surface area contributed by atoms with Gasteiger partial charge in [-0.2, -0.15) is 0 Å². The molecule has 0 aliphatic heterocycles. The number of rotatable bonds is 3. The second-order valence-corrected chi connectivity index (χ2v) is 2.11. The first kappa shape index (κ1) is 8.14. The standard InChI is InChI=1S/C6H10O3/c1-4(5(2)7)3-6(8)9/h4H,3H2,1-2H3,(H,8,9)/t4-/m0/s1. The lowest BCUT2D eigenvalue weighted by Crippen LogP contribution is -2.11. The fourth-order valence-electron chi connectivity index (χ4n) is 0.406. The summed E-state index contributed by atoms with van der Waals surface area (Å²) in [5.41, 5.74) is 0. The Kier molecular flexibility index (Phi) is 2.91. The van der Waals surface area contributed by atoms with Crippen LogP contribution in [0.15, 0.2) is 0 Å². The van der Waals surface area contributed by atoms with Crippen LogP contribution in [0, 0.1) is 5.92 Å². The maximum atomic E-state index is 10.4. The fraction of sp³-hybridized carbons (Fsp3) is 0.667. The Labute approximate surface area is 53.7 Å². The van der Waals surface area contributed by atoms with Crippen molar-refractivity contribution in [3.05, 3.63) is 0 Å². The van der Waals surface area contributed by atoms with Gasteiger partial charge < -0.3 is 5.11 Å². The number of carboxylic acid groups (broad SMARTS) is 1. The summed E-state index contributed by atoms with van der Waals surface area (Å²) in [5.74, 6) is -1.34. The molecular formula is C6H10O3. The number of carbonyl (C=O) groups excluding carboxylic acids is 1. The van der Waals surface area contributed by atoms with E-state index in [4.69, 9.17) is 5.11 Å². The summed E-state index contributed by atoms with van der Waals surface area (Å²) in [7, 11) is 0. The summed E-state index contributed by atoms with van der Waals surface area (Å²) < 4.78 is 0. The van der Waals surface area contributed by atoms with Gasteiger partial charge in [0.2, 0.25) is 0 Å². The van der Waals surface area contributed by atoms with E-state index < -0.39 is 5.97 Å². The molecule has 0 aromatic rings. The molecule has 0 fully saturated rings. The molecule has 0 unspecified atom stereocenters. The zero-order chi connectivity index (χ0) is 7.44. The zero-order valence-electron chi connectivity index (χ0n) is 5.55. The van der Waals surface area contributed by atoms with Crippen LogP contribution in [0.3, 0.4) is 0 Å². The van der Waals surface area contributed by atoms with Gasteiger partial charge in [-0.1, -0.05) is 6.92 Å². The van der Waals surface area contributed by atoms with Crippen LogP contribution in [0.4, 0.5) is 0 Å². The Morgan fingerprint density at radius 1 is 1.56 bits per heavy atom. The van der Waals surface area contributed by atoms with E-state index in [0.717, 1.165) is 0 Å². The Morgan fingerprint density at radius 2 is 2.00 bits per heavy atom. The molecule has 52 valence electrons. The summed E-state index contributed by atoms with van der Waals surface area (Å²) in [6.45, 7) is 3.00. The highest BCUT2D eigenvalue weighted by Gasteiger charge is 2.10. The van der Waals surface area contributed by atoms with Crippen molar-refractivity contribution in [2.45, 2.75) is 20.3 Å². The van der Waals surface area contributed by atoms with E-state index in [1.54, 1.807) is 6.92 Å². The van der Waals surface area contributed by atoms with Crippen LogP contribution in [0.2, 0.25) is 0 Å². The third kappa shape index (κ3) is 3.70. The van der Waals surface area contributed by atoms with Gasteiger partial charge in [-0.15, -0.1) is 0 Å². The van der Waals surface area contributed by atoms with E-state index in [1.807, 2.05) is 0 Å². The van der Waals surface area contributed by atoms with Crippen molar-refractivity contribution in [3.8, 4) is 0 Å². The van der Waals surface area contributed by atoms with Crippen LogP contribution in [-0.4, -0.2) is 16.9 Å². The molecule has 0 saturated heterocycles. The molecule has 0 radical (unpaired) electrons. The van der Waals surface area contributed by atoms with Gasteiger partial charge in [0.05, 0.1) is 6.42 Å². The molecule has 9 heavy (non-hydrogen) atoms. The third-order valence-corrected chi connectivity index (χ3v) is 1.17. The molecule has 3 nitrogen and oxygen atoms in total. The van der Waals surface area contributed by atoms with Crippen LogP contribution in [0.5, 0.6) is 0 Å². The van der Waals surface area contributed by atoms with Crippen LogP contribution >= 0.6 is 0 Å². The fourth-order valence-corrected chi connectivity index (χ4v) is 0.406. The van der Waals surface area contributed by atoms with E-state index in [-0.39, 0.29) is 18.1 Å². The molecule has 0 amide bonds. The number of aliphatic carboxylic acids is 1. The van der Waals surface area contributed by atoms with Gasteiger partial charge in [0.25, 0.3) is 0 Å². The van der Waals surface area contributed by atoms with Crippen LogP contribution in [0.1, 0.15) is 20.3 Å². The number of Topliss-reactive ketones (excluding diaryl/α,β-unsaturated/α-hetero) is 1. The average molecular weight is 130 g/mol. The van der Waals surface area contributed by atoms with E-state index in [2.05, 4.69) is 0 Å². The van der Waals surface area contributed by atoms with E-state index >= 15 is 0 Å². The molecule has 0 saturated carbocycles. The topological polar surface area (TPSA) is 54.4 Å². The summed E-state index contributed by atoms with van der Waals surface area (Å²) in [5, 5.41) is 8.18. The highest BCUT2D eigenvalue weighted by molar-refractivity contribution is 5.82. The van der Waals surface area contributed by atoms with Gasteiger partial charge >= 0.3 is 5.97 Å². The Morgan fingerprint density at radius 3 is 2.11 bits per heavy atom. The number of hydrogen-bond donors (Lipinski definition) is 1. The molecule has 1 atom stereocenters. The summed E-state index contributed by atoms with van der Waals surface area (Å²) in [6, 6.07) is 0. The molecule has 0 aromatic heterocycles. The van der Waals surface area contributed by atoms with Crippen molar-refractivity contribution in [2.24, 2.45) is 5.92 Å². The minimum atomic E-state index is -0.919. The highest BCUT2D eigenvalue weighted by Crippen LogP contribution is 2.01. The van der Waals surface area contributed by atoms with Gasteiger partial charge in [-0.3, -0.25) is 9.59 Å². The maximum absolute atomic E-state index is 10.4. The third-order valence-electron chi connectivity index (χ3n) is 1.17. The number of ketones is 1. The minimum Gasteiger partial charge on any atom is -0.481 e. The molecule has 0 aliphatic rings. The van der Waals surface area contributed by atoms with Gasteiger partial charge in [-0.25, -0.2) is 0 Å². The van der Waals surface area contributed by atoms with Crippen LogP contribution in [0.25, 0.3) is 0 Å². The predicted octanol–water partition coefficient (Wildman–Crippen LogP) is 0.686. The molecule has 0 aliphatic carbocycles. The summed E-state index contributed by atoms with van der Waals surface area (Å²) in [6.07, 6.45) is -0.0602. The lowest BCUT2D eigenvalue weighted by Gasteiger charge is -2.00. The Hall–Kier alpha value is -0.860. The summed E-state index contributed by atoms with van der Waals surface area (Å²) in [4.78, 5) is 20.4. The van der Waals surface area contributed by atoms with Crippen molar-refractivity contribution >= 4 is 11.8 Å². The smallest absolute Gasteiger partial charge is 0.304 e. The van der Waals surface area contributed by atoms with Crippen molar-refractivity contribution in [2.75, 3.05) is 0 Å². The lowest BCUT2D eigenvalue weighted by atomic mass is 10.0. The Balaban J connectivity index is 3.63. The van der Waals surface area contributed by atoms with Gasteiger partial charge in [0.15, 0.2) is 0 Å². The first-order chi connectivity index (χ1) is 4.04. The second-order valence-electron chi connectivity index (χ2n) is 2.11. The molecular weight excluding hydrogens is 120 g/mol. The molecule has 0 heterocycles. The zero-order valence-corrected chi connectivity index (χ0v) is 5.55. The average Bonchev–Trinajstić information content (AvgIpc) is 1.63. The quantitative estimate of drug-likeness (QED) is 0.611. The summed E-state index contributed by atoms with van der Waals surface area (Å²) >= 11 is 0. The van der Waals surface area contributed by atoms with Crippen LogP contribution in [-0.2, 0) is 9.59 Å². The van der Waals surface area contributed by atoms with Gasteiger partial charge in [0.1, 0.15) is 5.78 Å². The normalized spacial score (nSPS) is 12.7. The van der Waals surface area contributed by atoms with Crippen LogP contribution < -0.4 is 0 Å². The highest BCUT2D eigenvalue weighted by atomic mass is 16.4. The molecule has 3 heteroatoms. The number of carboxylic acids is 1. The number of carbonyl (C=O) groups is 2. The SMILES string of the molecule is CC(=O)[C@@H](C)CC(=O)O. The van der Waals surface area contributed by atoms with Crippen molar-refractivity contribution in [1.82, 2.24) is 0 Å². The second kappa shape index (κ2) is 3.22. The predicted molar refractivity (Wildman–Crippen MR) is 32.1 cm³/mol. The first-order valence-corrected chi connectivity index (χ1v) is 2.76. The van der Waals surface area contributed by atoms with Crippen molar-refractivity contribution in [1.29, 1.82) is 0 Å². The molecule has 1 N–H and O–H groups in total.